The van der Waals surface area contributed by atoms with Crippen LogP contribution in [-0.2, 0) is 16.6 Å². The molecule has 30 heavy (non-hydrogen) atoms. The molecule has 162 valence electrons. The van der Waals surface area contributed by atoms with Crippen LogP contribution < -0.4 is 0 Å². The molecule has 0 saturated carbocycles. The minimum Gasteiger partial charge on any atom is -0.319 e. The van der Waals surface area contributed by atoms with E-state index in [0.29, 0.717) is 25.0 Å². The van der Waals surface area contributed by atoms with Gasteiger partial charge in [0.15, 0.2) is 10.9 Å². The fourth-order valence-electron chi connectivity index (χ4n) is 3.33. The monoisotopic (exact) mass is 465 g/mol. The van der Waals surface area contributed by atoms with E-state index in [2.05, 4.69) is 4.57 Å². The molecule has 0 aliphatic carbocycles. The van der Waals surface area contributed by atoms with Crippen LogP contribution in [0.15, 0.2) is 45.8 Å². The van der Waals surface area contributed by atoms with Crippen LogP contribution in [0.4, 0.5) is 0 Å². The lowest BCUT2D eigenvalue weighted by molar-refractivity contribution is 0.0986. The summed E-state index contributed by atoms with van der Waals surface area (Å²) in [7, 11) is -3.51. The quantitative estimate of drug-likeness (QED) is 0.229. The fraction of sp³-hybridized carbons (Fsp3) is 0.429. The number of fused-ring (bicyclic) bond motifs is 1. The number of hydrogen-bond donors (Lipinski definition) is 0. The highest BCUT2D eigenvalue weighted by atomic mass is 32.2. The third-order valence-electron chi connectivity index (χ3n) is 4.92. The number of ketones is 1. The molecule has 2 heterocycles. The molecule has 0 unspecified atom stereocenters. The van der Waals surface area contributed by atoms with Crippen LogP contribution in [0.3, 0.4) is 0 Å². The van der Waals surface area contributed by atoms with Crippen molar-refractivity contribution in [1.82, 2.24) is 13.9 Å². The van der Waals surface area contributed by atoms with E-state index in [0.717, 1.165) is 34.3 Å². The van der Waals surface area contributed by atoms with Gasteiger partial charge in [-0.1, -0.05) is 31.7 Å². The molecule has 0 saturated heterocycles. The van der Waals surface area contributed by atoms with Crippen molar-refractivity contribution in [2.24, 2.45) is 0 Å². The molecule has 2 aromatic heterocycles. The van der Waals surface area contributed by atoms with E-state index in [4.69, 9.17) is 4.98 Å². The van der Waals surface area contributed by atoms with Gasteiger partial charge in [0, 0.05) is 31.8 Å². The molecule has 0 aliphatic heterocycles. The van der Waals surface area contributed by atoms with Crippen molar-refractivity contribution in [3.8, 4) is 0 Å². The highest BCUT2D eigenvalue weighted by Crippen LogP contribution is 2.28. The Kier molecular flexibility index (Phi) is 7.73. The van der Waals surface area contributed by atoms with Crippen LogP contribution >= 0.6 is 23.1 Å². The van der Waals surface area contributed by atoms with E-state index in [-0.39, 0.29) is 10.7 Å². The number of aryl methyl sites for hydroxylation is 1. The van der Waals surface area contributed by atoms with Crippen LogP contribution in [-0.4, -0.2) is 46.9 Å². The average molecular weight is 466 g/mol. The van der Waals surface area contributed by atoms with E-state index in [9.17, 15) is 13.2 Å². The molecule has 3 rings (SSSR count). The van der Waals surface area contributed by atoms with E-state index in [1.165, 1.54) is 15.6 Å². The van der Waals surface area contributed by atoms with Gasteiger partial charge in [-0.05, 0) is 43.0 Å². The number of nitrogens with zero attached hydrogens (tertiary/aromatic N) is 3. The molecule has 0 atom stereocenters. The summed E-state index contributed by atoms with van der Waals surface area (Å²) < 4.78 is 29.2. The smallest absolute Gasteiger partial charge is 0.243 e. The van der Waals surface area contributed by atoms with Crippen molar-refractivity contribution in [3.05, 3.63) is 40.6 Å². The van der Waals surface area contributed by atoms with Crippen molar-refractivity contribution in [2.75, 3.05) is 18.8 Å². The van der Waals surface area contributed by atoms with Gasteiger partial charge in [-0.25, -0.2) is 13.4 Å². The molecule has 0 amide bonds. The second-order valence-corrected chi connectivity index (χ2v) is 10.7. The summed E-state index contributed by atoms with van der Waals surface area (Å²) in [6.45, 7) is 7.34. The third-order valence-corrected chi connectivity index (χ3v) is 8.94. The number of thiophene rings is 1. The van der Waals surface area contributed by atoms with Gasteiger partial charge >= 0.3 is 0 Å². The van der Waals surface area contributed by atoms with E-state index >= 15 is 0 Å². The van der Waals surface area contributed by atoms with Crippen LogP contribution in [0, 0.1) is 0 Å². The zero-order valence-corrected chi connectivity index (χ0v) is 19.9. The van der Waals surface area contributed by atoms with Crippen LogP contribution in [0.25, 0.3) is 11.0 Å². The number of thioether (sulfide) groups is 1. The zero-order valence-electron chi connectivity index (χ0n) is 17.5. The number of rotatable bonds is 11. The summed E-state index contributed by atoms with van der Waals surface area (Å²) in [6.07, 6.45) is 1.29. The van der Waals surface area contributed by atoms with Gasteiger partial charge < -0.3 is 4.57 Å². The maximum absolute atomic E-state index is 12.8. The molecule has 3 aromatic rings. The van der Waals surface area contributed by atoms with Gasteiger partial charge in [0.1, 0.15) is 0 Å². The molecule has 1 aromatic carbocycles. The number of aromatic nitrogens is 2. The number of carbonyl (C=O) groups excluding carboxylic acids is 1. The Hall–Kier alpha value is -1.68. The first-order chi connectivity index (χ1) is 14.4. The maximum atomic E-state index is 12.8. The predicted octanol–water partition coefficient (Wildman–Crippen LogP) is 4.90. The third kappa shape index (κ3) is 4.80. The van der Waals surface area contributed by atoms with Crippen molar-refractivity contribution in [3.63, 3.8) is 0 Å². The summed E-state index contributed by atoms with van der Waals surface area (Å²) in [4.78, 5) is 17.9. The Morgan fingerprint density at radius 1 is 1.20 bits per heavy atom. The van der Waals surface area contributed by atoms with Gasteiger partial charge in [0.2, 0.25) is 10.0 Å². The van der Waals surface area contributed by atoms with Gasteiger partial charge in [-0.2, -0.15) is 4.31 Å². The van der Waals surface area contributed by atoms with Gasteiger partial charge in [-0.15, -0.1) is 11.3 Å². The zero-order chi connectivity index (χ0) is 21.7. The van der Waals surface area contributed by atoms with Crippen molar-refractivity contribution >= 4 is 49.9 Å². The Balaban J connectivity index is 1.75. The van der Waals surface area contributed by atoms with E-state index in [1.807, 2.05) is 44.4 Å². The highest BCUT2D eigenvalue weighted by Gasteiger charge is 2.23. The highest BCUT2D eigenvalue weighted by molar-refractivity contribution is 7.99. The Labute approximate surface area is 186 Å². The van der Waals surface area contributed by atoms with Crippen molar-refractivity contribution in [2.45, 2.75) is 50.2 Å². The molecule has 0 aliphatic rings. The number of benzene rings is 1. The standard InChI is InChI=1S/C21H27N3O3S3/c1-4-23(5-2)30(26,27)16-11-12-18-17(15-16)22-21(24(18)6-3)29-14-7-9-19(25)20-10-8-13-28-20/h8,10-13,15H,4-7,9,14H2,1-3H3. The minimum atomic E-state index is -3.51. The second kappa shape index (κ2) is 10.1. The van der Waals surface area contributed by atoms with Crippen LogP contribution in [0.1, 0.15) is 43.3 Å². The summed E-state index contributed by atoms with van der Waals surface area (Å²) in [5.74, 6) is 0.964. The lowest BCUT2D eigenvalue weighted by Gasteiger charge is -2.18. The number of carbonyl (C=O) groups is 1. The topological polar surface area (TPSA) is 72.3 Å². The molecule has 0 spiro atoms. The number of hydrogen-bond acceptors (Lipinski definition) is 6. The van der Waals surface area contributed by atoms with Crippen molar-refractivity contribution in [1.29, 1.82) is 0 Å². The SMILES string of the molecule is CCN(CC)S(=O)(=O)c1ccc2c(c1)nc(SCCCC(=O)c1cccs1)n2CC. The molecular weight excluding hydrogens is 438 g/mol. The fourth-order valence-corrected chi connectivity index (χ4v) is 6.52. The largest absolute Gasteiger partial charge is 0.319 e. The Morgan fingerprint density at radius 3 is 2.60 bits per heavy atom. The predicted molar refractivity (Wildman–Crippen MR) is 124 cm³/mol. The molecule has 9 heteroatoms. The number of Topliss-reactive ketones (excluding diaryl/α,β-unsaturated/α-hetero) is 1. The first-order valence-electron chi connectivity index (χ1n) is 10.1. The van der Waals surface area contributed by atoms with E-state index < -0.39 is 10.0 Å². The summed E-state index contributed by atoms with van der Waals surface area (Å²) in [6, 6.07) is 8.93. The first kappa shape index (κ1) is 23.0. The molecule has 0 bridgehead atoms. The van der Waals surface area contributed by atoms with Crippen LogP contribution in [0.2, 0.25) is 0 Å². The van der Waals surface area contributed by atoms with Gasteiger partial charge in [0.05, 0.1) is 20.8 Å². The lowest BCUT2D eigenvalue weighted by Crippen LogP contribution is -2.30. The second-order valence-electron chi connectivity index (χ2n) is 6.73. The summed E-state index contributed by atoms with van der Waals surface area (Å²) in [5.41, 5.74) is 1.61. The van der Waals surface area contributed by atoms with E-state index in [1.54, 1.807) is 23.9 Å². The summed E-state index contributed by atoms with van der Waals surface area (Å²) in [5, 5.41) is 2.77. The Morgan fingerprint density at radius 2 is 1.97 bits per heavy atom. The molecule has 6 nitrogen and oxygen atoms in total. The first-order valence-corrected chi connectivity index (χ1v) is 13.4. The molecule has 0 fully saturated rings. The van der Waals surface area contributed by atoms with Gasteiger partial charge in [-0.3, -0.25) is 4.79 Å². The Bertz CT molecular complexity index is 1100. The summed E-state index contributed by atoms with van der Waals surface area (Å²) >= 11 is 3.09. The minimum absolute atomic E-state index is 0.181. The number of sulfonamides is 1. The normalized spacial score (nSPS) is 12.1. The average Bonchev–Trinajstić information content (AvgIpc) is 3.38. The van der Waals surface area contributed by atoms with Crippen molar-refractivity contribution < 1.29 is 13.2 Å². The van der Waals surface area contributed by atoms with Gasteiger partial charge in [0.25, 0.3) is 0 Å². The number of imidazole rings is 1. The van der Waals surface area contributed by atoms with Crippen LogP contribution in [0.5, 0.6) is 0 Å². The molecular formula is C21H27N3O3S3. The lowest BCUT2D eigenvalue weighted by atomic mass is 10.2. The maximum Gasteiger partial charge on any atom is 0.243 e. The molecule has 0 N–H and O–H groups in total. The molecule has 0 radical (unpaired) electrons.